The van der Waals surface area contributed by atoms with E-state index in [-0.39, 0.29) is 0 Å². The van der Waals surface area contributed by atoms with Gasteiger partial charge in [-0.2, -0.15) is 0 Å². The quantitative estimate of drug-likeness (QED) is 0.724. The highest BCUT2D eigenvalue weighted by Crippen LogP contribution is 2.31. The fraction of sp³-hybridized carbons (Fsp3) is 0.538. The van der Waals surface area contributed by atoms with Crippen LogP contribution in [-0.4, -0.2) is 13.1 Å². The molecule has 3 heteroatoms. The molecule has 1 nitrogen and oxygen atoms in total. The van der Waals surface area contributed by atoms with Crippen LogP contribution >= 0.6 is 31.9 Å². The van der Waals surface area contributed by atoms with Crippen molar-refractivity contribution in [3.8, 4) is 0 Å². The third-order valence-electron chi connectivity index (χ3n) is 3.40. The summed E-state index contributed by atoms with van der Waals surface area (Å²) >= 11 is 7.13. The Balaban J connectivity index is 2.22. The molecule has 1 atom stereocenters. The highest BCUT2D eigenvalue weighted by atomic mass is 79.9. The molecule has 88 valence electrons. The summed E-state index contributed by atoms with van der Waals surface area (Å²) in [6.45, 7) is 4.71. The number of alkyl halides is 1. The van der Waals surface area contributed by atoms with Crippen LogP contribution in [-0.2, 0) is 5.33 Å². The lowest BCUT2D eigenvalue weighted by molar-refractivity contribution is 0.569. The number of hydrogen-bond donors (Lipinski definition) is 0. The zero-order chi connectivity index (χ0) is 11.5. The Morgan fingerprint density at radius 1 is 1.44 bits per heavy atom. The summed E-state index contributed by atoms with van der Waals surface area (Å²) in [5.41, 5.74) is 2.78. The highest BCUT2D eigenvalue weighted by Gasteiger charge is 2.22. The molecule has 2 rings (SSSR count). The minimum absolute atomic E-state index is 0.877. The second kappa shape index (κ2) is 5.54. The fourth-order valence-electron chi connectivity index (χ4n) is 2.33. The molecule has 1 fully saturated rings. The first-order valence-corrected chi connectivity index (χ1v) is 7.75. The van der Waals surface area contributed by atoms with Crippen molar-refractivity contribution < 1.29 is 0 Å². The van der Waals surface area contributed by atoms with Crippen LogP contribution in [0.4, 0.5) is 5.69 Å². The first-order chi connectivity index (χ1) is 7.74. The van der Waals surface area contributed by atoms with Gasteiger partial charge in [-0.1, -0.05) is 51.3 Å². The van der Waals surface area contributed by atoms with E-state index in [4.69, 9.17) is 0 Å². The summed E-state index contributed by atoms with van der Waals surface area (Å²) in [6, 6.07) is 6.57. The van der Waals surface area contributed by atoms with Crippen molar-refractivity contribution in [2.45, 2.75) is 25.1 Å². The zero-order valence-electron chi connectivity index (χ0n) is 9.55. The molecule has 0 N–H and O–H groups in total. The predicted octanol–water partition coefficient (Wildman–Crippen LogP) is 4.58. The molecule has 1 aromatic carbocycles. The highest BCUT2D eigenvalue weighted by molar-refractivity contribution is 9.10. The molecule has 0 aromatic heterocycles. The van der Waals surface area contributed by atoms with E-state index in [0.717, 1.165) is 11.2 Å². The summed E-state index contributed by atoms with van der Waals surface area (Å²) < 4.78 is 1.17. The molecular formula is C13H17Br2N. The van der Waals surface area contributed by atoms with E-state index in [1.165, 1.54) is 41.7 Å². The molecule has 1 aliphatic rings. The molecule has 0 radical (unpaired) electrons. The average molecular weight is 347 g/mol. The van der Waals surface area contributed by atoms with Crippen molar-refractivity contribution in [3.63, 3.8) is 0 Å². The van der Waals surface area contributed by atoms with Crippen LogP contribution in [0.3, 0.4) is 0 Å². The minimum atomic E-state index is 0.877. The van der Waals surface area contributed by atoms with Crippen LogP contribution in [0.2, 0.25) is 0 Å². The van der Waals surface area contributed by atoms with Crippen molar-refractivity contribution >= 4 is 37.5 Å². The summed E-state index contributed by atoms with van der Waals surface area (Å²) in [7, 11) is 0. The second-order valence-electron chi connectivity index (χ2n) is 4.42. The molecule has 0 bridgehead atoms. The molecule has 0 saturated carbocycles. The number of rotatable bonds is 3. The summed E-state index contributed by atoms with van der Waals surface area (Å²) in [5, 5.41) is 0.933. The number of benzene rings is 1. The van der Waals surface area contributed by atoms with Crippen LogP contribution in [0, 0.1) is 5.92 Å². The van der Waals surface area contributed by atoms with Gasteiger partial charge in [0.15, 0.2) is 0 Å². The van der Waals surface area contributed by atoms with E-state index < -0.39 is 0 Å². The van der Waals surface area contributed by atoms with E-state index in [1.807, 2.05) is 0 Å². The normalized spacial score (nSPS) is 20.4. The summed E-state index contributed by atoms with van der Waals surface area (Å²) in [4.78, 5) is 2.52. The third-order valence-corrected chi connectivity index (χ3v) is 4.49. The Labute approximate surface area is 114 Å². The van der Waals surface area contributed by atoms with Gasteiger partial charge in [0, 0.05) is 28.6 Å². The molecule has 1 aromatic rings. The largest absolute Gasteiger partial charge is 0.371 e. The van der Waals surface area contributed by atoms with Crippen molar-refractivity contribution in [1.29, 1.82) is 0 Å². The van der Waals surface area contributed by atoms with Crippen molar-refractivity contribution in [3.05, 3.63) is 28.2 Å². The molecule has 1 heterocycles. The van der Waals surface area contributed by atoms with Crippen LogP contribution in [0.25, 0.3) is 0 Å². The average Bonchev–Trinajstić information content (AvgIpc) is 2.77. The van der Waals surface area contributed by atoms with Gasteiger partial charge >= 0.3 is 0 Å². The SMILES string of the molecule is CCC1CCN(c2cc(Br)ccc2CBr)C1. The lowest BCUT2D eigenvalue weighted by Gasteiger charge is -2.21. The van der Waals surface area contributed by atoms with Gasteiger partial charge in [-0.05, 0) is 30.0 Å². The molecule has 16 heavy (non-hydrogen) atoms. The van der Waals surface area contributed by atoms with Crippen molar-refractivity contribution in [1.82, 2.24) is 0 Å². The van der Waals surface area contributed by atoms with Gasteiger partial charge in [-0.15, -0.1) is 0 Å². The van der Waals surface area contributed by atoms with Crippen molar-refractivity contribution in [2.24, 2.45) is 5.92 Å². The van der Waals surface area contributed by atoms with E-state index >= 15 is 0 Å². The topological polar surface area (TPSA) is 3.24 Å². The van der Waals surface area contributed by atoms with E-state index in [1.54, 1.807) is 0 Å². The van der Waals surface area contributed by atoms with E-state index in [2.05, 4.69) is 61.9 Å². The molecule has 1 saturated heterocycles. The van der Waals surface area contributed by atoms with Crippen LogP contribution in [0.15, 0.2) is 22.7 Å². The lowest BCUT2D eigenvalue weighted by atomic mass is 10.1. The van der Waals surface area contributed by atoms with Gasteiger partial charge in [0.05, 0.1) is 0 Å². The standard InChI is InChI=1S/C13H17Br2N/c1-2-10-5-6-16(9-10)13-7-12(15)4-3-11(13)8-14/h3-4,7,10H,2,5-6,8-9H2,1H3. The number of anilines is 1. The Morgan fingerprint density at radius 2 is 2.25 bits per heavy atom. The van der Waals surface area contributed by atoms with Gasteiger partial charge in [-0.25, -0.2) is 0 Å². The smallest absolute Gasteiger partial charge is 0.0418 e. The monoisotopic (exact) mass is 345 g/mol. The fourth-order valence-corrected chi connectivity index (χ4v) is 3.15. The van der Waals surface area contributed by atoms with Crippen molar-refractivity contribution in [2.75, 3.05) is 18.0 Å². The van der Waals surface area contributed by atoms with Crippen LogP contribution in [0.1, 0.15) is 25.3 Å². The van der Waals surface area contributed by atoms with Gasteiger partial charge in [0.1, 0.15) is 0 Å². The first kappa shape index (κ1) is 12.4. The molecule has 0 aliphatic carbocycles. The molecule has 0 amide bonds. The summed E-state index contributed by atoms with van der Waals surface area (Å²) in [5.74, 6) is 0.877. The van der Waals surface area contributed by atoms with Crippen LogP contribution < -0.4 is 4.90 Å². The van der Waals surface area contributed by atoms with Gasteiger partial charge < -0.3 is 4.90 Å². The van der Waals surface area contributed by atoms with Gasteiger partial charge in [0.2, 0.25) is 0 Å². The second-order valence-corrected chi connectivity index (χ2v) is 5.89. The Kier molecular flexibility index (Phi) is 4.31. The predicted molar refractivity (Wildman–Crippen MR) is 77.4 cm³/mol. The van der Waals surface area contributed by atoms with E-state index in [0.29, 0.717) is 0 Å². The molecule has 1 aliphatic heterocycles. The number of halogens is 2. The van der Waals surface area contributed by atoms with Gasteiger partial charge in [-0.3, -0.25) is 0 Å². The maximum absolute atomic E-state index is 3.57. The maximum Gasteiger partial charge on any atom is 0.0418 e. The van der Waals surface area contributed by atoms with Gasteiger partial charge in [0.25, 0.3) is 0 Å². The number of hydrogen-bond acceptors (Lipinski definition) is 1. The Hall–Kier alpha value is -0.0200. The number of nitrogens with zero attached hydrogens (tertiary/aromatic N) is 1. The zero-order valence-corrected chi connectivity index (χ0v) is 12.7. The Morgan fingerprint density at radius 3 is 2.88 bits per heavy atom. The van der Waals surface area contributed by atoms with Crippen LogP contribution in [0.5, 0.6) is 0 Å². The first-order valence-electron chi connectivity index (χ1n) is 5.84. The molecule has 1 unspecified atom stereocenters. The maximum atomic E-state index is 3.57. The lowest BCUT2D eigenvalue weighted by Crippen LogP contribution is -2.20. The minimum Gasteiger partial charge on any atom is -0.371 e. The third kappa shape index (κ3) is 2.62. The summed E-state index contributed by atoms with van der Waals surface area (Å²) in [6.07, 6.45) is 2.64. The molecular weight excluding hydrogens is 330 g/mol. The van der Waals surface area contributed by atoms with E-state index in [9.17, 15) is 0 Å². The Bertz CT molecular complexity index is 365. The molecule has 0 spiro atoms.